The summed E-state index contributed by atoms with van der Waals surface area (Å²) in [5.41, 5.74) is 1.21. The van der Waals surface area contributed by atoms with Crippen LogP contribution in [0.2, 0.25) is 0 Å². The molecular formula is C10H11NO. The van der Waals surface area contributed by atoms with Crippen LogP contribution >= 0.6 is 0 Å². The molecule has 0 aliphatic carbocycles. The largest absolute Gasteiger partial charge is 0.471 e. The van der Waals surface area contributed by atoms with E-state index in [0.29, 0.717) is 0 Å². The summed E-state index contributed by atoms with van der Waals surface area (Å²) in [6.07, 6.45) is 0.145. The molecule has 0 N–H and O–H groups in total. The first-order valence-electron chi connectivity index (χ1n) is 4.09. The van der Waals surface area contributed by atoms with Crippen LogP contribution in [0.15, 0.2) is 35.3 Å². The minimum absolute atomic E-state index is 0.145. The highest BCUT2D eigenvalue weighted by Gasteiger charge is 2.17. The molecule has 0 unspecified atom stereocenters. The molecule has 1 aliphatic heterocycles. The average Bonchev–Trinajstić information content (AvgIpc) is 2.54. The maximum atomic E-state index is 5.50. The van der Waals surface area contributed by atoms with Gasteiger partial charge in [0, 0.05) is 6.92 Å². The van der Waals surface area contributed by atoms with Gasteiger partial charge < -0.3 is 4.74 Å². The van der Waals surface area contributed by atoms with Crippen molar-refractivity contribution in [2.75, 3.05) is 6.54 Å². The van der Waals surface area contributed by atoms with Gasteiger partial charge in [0.2, 0.25) is 0 Å². The third-order valence-electron chi connectivity index (χ3n) is 1.96. The molecule has 62 valence electrons. The Morgan fingerprint density at radius 2 is 2.08 bits per heavy atom. The van der Waals surface area contributed by atoms with Crippen molar-refractivity contribution in [3.63, 3.8) is 0 Å². The van der Waals surface area contributed by atoms with Crippen molar-refractivity contribution >= 4 is 5.90 Å². The molecule has 0 saturated heterocycles. The summed E-state index contributed by atoms with van der Waals surface area (Å²) in [5, 5.41) is 0. The zero-order valence-corrected chi connectivity index (χ0v) is 7.03. The molecule has 1 aromatic carbocycles. The van der Waals surface area contributed by atoms with Crippen LogP contribution in [0.4, 0.5) is 0 Å². The number of nitrogens with zero attached hydrogens (tertiary/aromatic N) is 1. The summed E-state index contributed by atoms with van der Waals surface area (Å²) in [7, 11) is 0. The standard InChI is InChI=1S/C10H11NO/c1-8-11-7-10(12-8)9-5-3-2-4-6-9/h2-6,10H,7H2,1H3/t10-/m0/s1. The normalized spacial score (nSPS) is 21.8. The highest BCUT2D eigenvalue weighted by molar-refractivity contribution is 5.74. The Hall–Kier alpha value is -1.31. The molecule has 1 aliphatic rings. The smallest absolute Gasteiger partial charge is 0.181 e. The lowest BCUT2D eigenvalue weighted by molar-refractivity contribution is 0.228. The summed E-state index contributed by atoms with van der Waals surface area (Å²) >= 11 is 0. The molecule has 0 fully saturated rings. The van der Waals surface area contributed by atoms with E-state index in [9.17, 15) is 0 Å². The van der Waals surface area contributed by atoms with Crippen molar-refractivity contribution in [2.45, 2.75) is 13.0 Å². The minimum Gasteiger partial charge on any atom is -0.471 e. The van der Waals surface area contributed by atoms with Crippen molar-refractivity contribution < 1.29 is 4.74 Å². The van der Waals surface area contributed by atoms with Crippen molar-refractivity contribution in [1.29, 1.82) is 0 Å². The van der Waals surface area contributed by atoms with Gasteiger partial charge in [-0.3, -0.25) is 4.99 Å². The predicted molar refractivity (Wildman–Crippen MR) is 48.2 cm³/mol. The van der Waals surface area contributed by atoms with E-state index in [1.165, 1.54) is 5.56 Å². The fraction of sp³-hybridized carbons (Fsp3) is 0.300. The maximum absolute atomic E-state index is 5.50. The van der Waals surface area contributed by atoms with Crippen LogP contribution < -0.4 is 0 Å². The van der Waals surface area contributed by atoms with Crippen molar-refractivity contribution in [3.8, 4) is 0 Å². The first-order chi connectivity index (χ1) is 5.86. The first kappa shape index (κ1) is 7.35. The van der Waals surface area contributed by atoms with Crippen LogP contribution in [0.25, 0.3) is 0 Å². The average molecular weight is 161 g/mol. The molecule has 0 bridgehead atoms. The van der Waals surface area contributed by atoms with E-state index in [1.54, 1.807) is 0 Å². The van der Waals surface area contributed by atoms with E-state index in [1.807, 2.05) is 25.1 Å². The lowest BCUT2D eigenvalue weighted by Gasteiger charge is -2.09. The Labute approximate surface area is 71.9 Å². The Morgan fingerprint density at radius 3 is 2.67 bits per heavy atom. The minimum atomic E-state index is 0.145. The quantitative estimate of drug-likeness (QED) is 0.618. The molecule has 0 spiro atoms. The molecule has 1 atom stereocenters. The summed E-state index contributed by atoms with van der Waals surface area (Å²) in [5.74, 6) is 0.795. The number of hydrogen-bond donors (Lipinski definition) is 0. The Morgan fingerprint density at radius 1 is 1.33 bits per heavy atom. The summed E-state index contributed by atoms with van der Waals surface area (Å²) in [4.78, 5) is 4.19. The fourth-order valence-corrected chi connectivity index (χ4v) is 1.33. The van der Waals surface area contributed by atoms with Crippen LogP contribution in [0.3, 0.4) is 0 Å². The monoisotopic (exact) mass is 161 g/mol. The van der Waals surface area contributed by atoms with Crippen LogP contribution in [-0.2, 0) is 4.74 Å². The molecule has 2 rings (SSSR count). The molecule has 0 radical (unpaired) electrons. The van der Waals surface area contributed by atoms with Crippen LogP contribution in [0.1, 0.15) is 18.6 Å². The second kappa shape index (κ2) is 2.97. The lowest BCUT2D eigenvalue weighted by atomic mass is 10.1. The van der Waals surface area contributed by atoms with Gasteiger partial charge in [0.15, 0.2) is 5.90 Å². The molecule has 0 saturated carbocycles. The third-order valence-corrected chi connectivity index (χ3v) is 1.96. The van der Waals surface area contributed by atoms with E-state index >= 15 is 0 Å². The summed E-state index contributed by atoms with van der Waals surface area (Å²) < 4.78 is 5.50. The van der Waals surface area contributed by atoms with Gasteiger partial charge in [-0.25, -0.2) is 0 Å². The number of benzene rings is 1. The van der Waals surface area contributed by atoms with Crippen molar-refractivity contribution in [3.05, 3.63) is 35.9 Å². The van der Waals surface area contributed by atoms with Gasteiger partial charge in [-0.05, 0) is 5.56 Å². The topological polar surface area (TPSA) is 21.6 Å². The first-order valence-corrected chi connectivity index (χ1v) is 4.09. The zero-order valence-electron chi connectivity index (χ0n) is 7.03. The van der Waals surface area contributed by atoms with Gasteiger partial charge in [0.25, 0.3) is 0 Å². The molecule has 1 heterocycles. The Balaban J connectivity index is 2.14. The van der Waals surface area contributed by atoms with E-state index < -0.39 is 0 Å². The highest BCUT2D eigenvalue weighted by atomic mass is 16.5. The second-order valence-electron chi connectivity index (χ2n) is 2.88. The zero-order chi connectivity index (χ0) is 8.39. The van der Waals surface area contributed by atoms with Gasteiger partial charge in [-0.1, -0.05) is 30.3 Å². The molecule has 2 nitrogen and oxygen atoms in total. The van der Waals surface area contributed by atoms with Crippen molar-refractivity contribution in [1.82, 2.24) is 0 Å². The molecular weight excluding hydrogens is 150 g/mol. The molecule has 1 aromatic rings. The van der Waals surface area contributed by atoms with E-state index in [-0.39, 0.29) is 6.10 Å². The fourth-order valence-electron chi connectivity index (χ4n) is 1.33. The molecule has 0 aromatic heterocycles. The SMILES string of the molecule is CC1=NC[C@@H](c2ccccc2)O1. The maximum Gasteiger partial charge on any atom is 0.181 e. The predicted octanol–water partition coefficient (Wildman–Crippen LogP) is 2.18. The van der Waals surface area contributed by atoms with Crippen LogP contribution in [0.5, 0.6) is 0 Å². The van der Waals surface area contributed by atoms with Crippen molar-refractivity contribution in [2.24, 2.45) is 4.99 Å². The van der Waals surface area contributed by atoms with E-state index in [4.69, 9.17) is 4.74 Å². The Kier molecular flexibility index (Phi) is 1.82. The summed E-state index contributed by atoms with van der Waals surface area (Å²) in [6.45, 7) is 2.65. The molecule has 2 heteroatoms. The number of hydrogen-bond acceptors (Lipinski definition) is 2. The van der Waals surface area contributed by atoms with Gasteiger partial charge in [-0.2, -0.15) is 0 Å². The highest BCUT2D eigenvalue weighted by Crippen LogP contribution is 2.21. The van der Waals surface area contributed by atoms with Gasteiger partial charge in [0.05, 0.1) is 6.54 Å². The van der Waals surface area contributed by atoms with Gasteiger partial charge in [0.1, 0.15) is 6.10 Å². The Bertz CT molecular complexity index is 292. The second-order valence-corrected chi connectivity index (χ2v) is 2.88. The van der Waals surface area contributed by atoms with E-state index in [0.717, 1.165) is 12.4 Å². The molecule has 12 heavy (non-hydrogen) atoms. The van der Waals surface area contributed by atoms with Gasteiger partial charge in [-0.15, -0.1) is 0 Å². The number of aliphatic imine (C=N–C) groups is 1. The van der Waals surface area contributed by atoms with Crippen LogP contribution in [-0.4, -0.2) is 12.4 Å². The molecule has 0 amide bonds. The van der Waals surface area contributed by atoms with Gasteiger partial charge >= 0.3 is 0 Å². The lowest BCUT2D eigenvalue weighted by Crippen LogP contribution is -2.02. The van der Waals surface area contributed by atoms with E-state index in [2.05, 4.69) is 17.1 Å². The number of rotatable bonds is 1. The third kappa shape index (κ3) is 1.33. The van der Waals surface area contributed by atoms with Crippen LogP contribution in [0, 0.1) is 0 Å². The summed E-state index contributed by atoms with van der Waals surface area (Å²) in [6, 6.07) is 10.2. The number of ether oxygens (including phenoxy) is 1.